The van der Waals surface area contributed by atoms with Gasteiger partial charge < -0.3 is 29.5 Å². The average Bonchev–Trinajstić information content (AvgIpc) is 3.97. The van der Waals surface area contributed by atoms with E-state index in [1.54, 1.807) is 29.2 Å². The Morgan fingerprint density at radius 1 is 0.892 bits per heavy atom. The number of aromatic hydroxyl groups is 1. The minimum atomic E-state index is -4.50. The van der Waals surface area contributed by atoms with Gasteiger partial charge in [-0.05, 0) is 97.3 Å². The standard InChI is InChI=1S/C47H44ClF3N8O6/c48-33-12-16-37-38(25-33)53-46(52-37)59-45(64)36(42(55-59)30-8-10-32(11-9-30)47(49,50)51)14-7-29-5-3-28(4-6-29)2-1-23-65-27-41(61)57-21-19-56(20-22-57)34-13-15-35-31(24-34)26-58(44(35)63)39-17-18-40(60)54-43(39)62/h3-6,8-13,15-16,24-25,39,64H,1-2,7,14,17-23,26-27H2,(H,52,53)(H,54,60,62). The van der Waals surface area contributed by atoms with Gasteiger partial charge in [0.25, 0.3) is 5.91 Å². The van der Waals surface area contributed by atoms with Gasteiger partial charge in [-0.15, -0.1) is 0 Å². The predicted molar refractivity (Wildman–Crippen MR) is 235 cm³/mol. The van der Waals surface area contributed by atoms with Gasteiger partial charge in [0, 0.05) is 73.2 Å². The SMILES string of the molecule is O=C1CCC(N2Cc3cc(N4CCN(C(=O)COCCCc5ccc(CCc6c(-c7ccc(C(F)(F)F)cc7)nn(-c7nc8cc(Cl)ccc8[nH]7)c6O)cc5)CC4)ccc3C2=O)C(=O)N1. The summed E-state index contributed by atoms with van der Waals surface area (Å²) in [5, 5.41) is 18.9. The number of halogens is 4. The number of hydrogen-bond donors (Lipinski definition) is 3. The van der Waals surface area contributed by atoms with Crippen LogP contribution in [0, 0.1) is 0 Å². The first-order valence-corrected chi connectivity index (χ1v) is 21.8. The molecule has 6 aromatic rings. The van der Waals surface area contributed by atoms with Crippen molar-refractivity contribution in [2.24, 2.45) is 0 Å². The third-order valence-electron chi connectivity index (χ3n) is 12.2. The molecule has 4 amide bonds. The van der Waals surface area contributed by atoms with Crippen molar-refractivity contribution in [1.82, 2.24) is 34.9 Å². The molecule has 2 fully saturated rings. The maximum Gasteiger partial charge on any atom is 0.416 e. The maximum atomic E-state index is 13.4. The van der Waals surface area contributed by atoms with E-state index in [0.29, 0.717) is 103 Å². The second-order valence-corrected chi connectivity index (χ2v) is 16.9. The summed E-state index contributed by atoms with van der Waals surface area (Å²) in [5.41, 5.74) is 6.07. The smallest absolute Gasteiger partial charge is 0.416 e. The Bertz CT molecular complexity index is 2780. The minimum absolute atomic E-state index is 0.0152. The third kappa shape index (κ3) is 9.29. The van der Waals surface area contributed by atoms with E-state index in [1.165, 1.54) is 21.7 Å². The fraction of sp³-hybridized carbons (Fsp3) is 0.319. The molecule has 0 bridgehead atoms. The molecule has 2 saturated heterocycles. The monoisotopic (exact) mass is 908 g/mol. The normalized spacial score (nSPS) is 16.7. The van der Waals surface area contributed by atoms with E-state index >= 15 is 0 Å². The van der Waals surface area contributed by atoms with Crippen LogP contribution in [0.15, 0.2) is 84.9 Å². The molecule has 4 aromatic carbocycles. The Morgan fingerprint density at radius 2 is 1.63 bits per heavy atom. The molecular formula is C47H44ClF3N8O6. The highest BCUT2D eigenvalue weighted by molar-refractivity contribution is 6.31. The van der Waals surface area contributed by atoms with Gasteiger partial charge in [0.05, 0.1) is 16.6 Å². The van der Waals surface area contributed by atoms with Gasteiger partial charge in [-0.1, -0.05) is 48.0 Å². The lowest BCUT2D eigenvalue weighted by molar-refractivity contribution is -0.138. The molecule has 3 N–H and O–H groups in total. The molecule has 0 saturated carbocycles. The van der Waals surface area contributed by atoms with Gasteiger partial charge in [-0.25, -0.2) is 4.98 Å². The Morgan fingerprint density at radius 3 is 2.35 bits per heavy atom. The van der Waals surface area contributed by atoms with Crippen LogP contribution in [0.1, 0.15) is 57.4 Å². The third-order valence-corrected chi connectivity index (χ3v) is 12.5. The van der Waals surface area contributed by atoms with Crippen LogP contribution in [0.3, 0.4) is 0 Å². The molecule has 18 heteroatoms. The number of aromatic nitrogens is 4. The molecular weight excluding hydrogens is 865 g/mol. The highest BCUT2D eigenvalue weighted by Gasteiger charge is 2.39. The lowest BCUT2D eigenvalue weighted by Gasteiger charge is -2.36. The predicted octanol–water partition coefficient (Wildman–Crippen LogP) is 6.64. The fourth-order valence-electron chi connectivity index (χ4n) is 8.68. The Balaban J connectivity index is 0.741. The van der Waals surface area contributed by atoms with Crippen molar-refractivity contribution < 1.29 is 42.2 Å². The van der Waals surface area contributed by atoms with Crippen LogP contribution in [-0.4, -0.2) is 104 Å². The average molecular weight is 909 g/mol. The number of fused-ring (bicyclic) bond motifs is 2. The second kappa shape index (κ2) is 18.0. The highest BCUT2D eigenvalue weighted by Crippen LogP contribution is 2.36. The molecule has 0 radical (unpaired) electrons. The van der Waals surface area contributed by atoms with Gasteiger partial charge in [0.2, 0.25) is 29.5 Å². The van der Waals surface area contributed by atoms with Crippen molar-refractivity contribution in [1.29, 1.82) is 0 Å². The number of nitrogens with zero attached hydrogens (tertiary/aromatic N) is 6. The van der Waals surface area contributed by atoms with Gasteiger partial charge in [0.15, 0.2) is 0 Å². The molecule has 9 rings (SSSR count). The number of imidazole rings is 1. The number of imide groups is 1. The van der Waals surface area contributed by atoms with Crippen molar-refractivity contribution in [3.05, 3.63) is 123 Å². The number of anilines is 1. The number of ether oxygens (including phenoxy) is 1. The summed E-state index contributed by atoms with van der Waals surface area (Å²) < 4.78 is 47.1. The molecule has 0 spiro atoms. The van der Waals surface area contributed by atoms with E-state index in [4.69, 9.17) is 16.3 Å². The van der Waals surface area contributed by atoms with Gasteiger partial charge in [0.1, 0.15) is 18.3 Å². The number of aromatic amines is 1. The number of piperidine rings is 1. The van der Waals surface area contributed by atoms with Crippen molar-refractivity contribution >= 4 is 52.0 Å². The summed E-state index contributed by atoms with van der Waals surface area (Å²) >= 11 is 6.15. The number of carbonyl (C=O) groups is 4. The van der Waals surface area contributed by atoms with Crippen LogP contribution in [0.2, 0.25) is 5.02 Å². The van der Waals surface area contributed by atoms with Crippen molar-refractivity contribution in [2.75, 3.05) is 44.3 Å². The van der Waals surface area contributed by atoms with Crippen LogP contribution in [-0.2, 0) is 51.1 Å². The van der Waals surface area contributed by atoms with Gasteiger partial charge in [-0.2, -0.15) is 23.0 Å². The molecule has 3 aliphatic rings. The number of hydrogen-bond acceptors (Lipinski definition) is 9. The Labute approximate surface area is 375 Å². The van der Waals surface area contributed by atoms with Gasteiger partial charge in [-0.3, -0.25) is 24.5 Å². The molecule has 336 valence electrons. The number of nitrogens with one attached hydrogen (secondary N) is 2. The fourth-order valence-corrected chi connectivity index (χ4v) is 8.84. The van der Waals surface area contributed by atoms with Crippen molar-refractivity contribution in [2.45, 2.75) is 57.3 Å². The van der Waals surface area contributed by atoms with Crippen LogP contribution >= 0.6 is 11.6 Å². The van der Waals surface area contributed by atoms with Crippen LogP contribution in [0.25, 0.3) is 28.2 Å². The van der Waals surface area contributed by atoms with Crippen molar-refractivity contribution in [3.63, 3.8) is 0 Å². The highest BCUT2D eigenvalue weighted by atomic mass is 35.5. The maximum absolute atomic E-state index is 13.4. The molecule has 0 aliphatic carbocycles. The largest absolute Gasteiger partial charge is 0.493 e. The Hall–Kier alpha value is -6.72. The minimum Gasteiger partial charge on any atom is -0.493 e. The molecule has 3 aliphatic heterocycles. The number of rotatable bonds is 13. The first kappa shape index (κ1) is 43.5. The number of carbonyl (C=O) groups excluding carboxylic acids is 4. The summed E-state index contributed by atoms with van der Waals surface area (Å²) in [7, 11) is 0. The lowest BCUT2D eigenvalue weighted by atomic mass is 9.99. The van der Waals surface area contributed by atoms with Gasteiger partial charge >= 0.3 is 6.18 Å². The topological polar surface area (TPSA) is 166 Å². The second-order valence-electron chi connectivity index (χ2n) is 16.4. The summed E-state index contributed by atoms with van der Waals surface area (Å²) in [5.74, 6) is -0.999. The number of piperazine rings is 1. The molecule has 14 nitrogen and oxygen atoms in total. The van der Waals surface area contributed by atoms with Crippen LogP contribution in [0.5, 0.6) is 5.88 Å². The lowest BCUT2D eigenvalue weighted by Crippen LogP contribution is -2.52. The zero-order chi connectivity index (χ0) is 45.4. The van der Waals surface area contributed by atoms with Crippen LogP contribution < -0.4 is 10.2 Å². The summed E-state index contributed by atoms with van der Waals surface area (Å²) in [6.07, 6.45) is -1.69. The first-order chi connectivity index (χ1) is 31.3. The number of alkyl halides is 3. The quantitative estimate of drug-likeness (QED) is 0.0852. The molecule has 2 aromatic heterocycles. The summed E-state index contributed by atoms with van der Waals surface area (Å²) in [4.78, 5) is 63.3. The summed E-state index contributed by atoms with van der Waals surface area (Å²) in [6, 6.07) is 22.8. The molecule has 1 atom stereocenters. The zero-order valence-corrected chi connectivity index (χ0v) is 35.8. The van der Waals surface area contributed by atoms with Crippen LogP contribution in [0.4, 0.5) is 18.9 Å². The van der Waals surface area contributed by atoms with E-state index in [9.17, 15) is 37.5 Å². The van der Waals surface area contributed by atoms with E-state index in [-0.39, 0.29) is 42.6 Å². The molecule has 5 heterocycles. The van der Waals surface area contributed by atoms with E-state index in [1.807, 2.05) is 36.4 Å². The molecule has 1 unspecified atom stereocenters. The first-order valence-electron chi connectivity index (χ1n) is 21.4. The van der Waals surface area contributed by atoms with Crippen molar-refractivity contribution in [3.8, 4) is 23.1 Å². The number of benzene rings is 4. The van der Waals surface area contributed by atoms with E-state index in [2.05, 4.69) is 25.3 Å². The molecule has 65 heavy (non-hydrogen) atoms. The van der Waals surface area contributed by atoms with E-state index < -0.39 is 23.7 Å². The van der Waals surface area contributed by atoms with E-state index in [0.717, 1.165) is 40.9 Å². The zero-order valence-electron chi connectivity index (χ0n) is 35.0. The Kier molecular flexibility index (Phi) is 12.1. The number of H-pyrrole nitrogens is 1. The number of aryl methyl sites for hydroxylation is 2. The number of amides is 4. The summed E-state index contributed by atoms with van der Waals surface area (Å²) in [6.45, 7) is 3.00.